The van der Waals surface area contributed by atoms with E-state index in [4.69, 9.17) is 14.2 Å². The lowest BCUT2D eigenvalue weighted by Crippen LogP contribution is -2.11. The summed E-state index contributed by atoms with van der Waals surface area (Å²) in [5.41, 5.74) is 1.17. The van der Waals surface area contributed by atoms with E-state index < -0.39 is 5.97 Å². The lowest BCUT2D eigenvalue weighted by molar-refractivity contribution is 0.0732. The van der Waals surface area contributed by atoms with Gasteiger partial charge in [-0.15, -0.1) is 0 Å². The molecular weight excluding hydrogens is 332 g/mol. The average Bonchev–Trinajstić information content (AvgIpc) is 2.68. The minimum absolute atomic E-state index is 0.120. The molecule has 0 N–H and O–H groups in total. The number of hydrogen-bond acceptors (Lipinski definition) is 6. The van der Waals surface area contributed by atoms with Crippen molar-refractivity contribution in [2.24, 2.45) is 0 Å². The van der Waals surface area contributed by atoms with Crippen LogP contribution in [0.2, 0.25) is 0 Å². The van der Waals surface area contributed by atoms with Crippen molar-refractivity contribution in [3.05, 3.63) is 59.4 Å². The monoisotopic (exact) mass is 348 g/mol. The van der Waals surface area contributed by atoms with E-state index in [2.05, 4.69) is 4.98 Å². The van der Waals surface area contributed by atoms with Gasteiger partial charge in [-0.05, 0) is 25.1 Å². The van der Waals surface area contributed by atoms with E-state index in [1.165, 1.54) is 20.4 Å². The van der Waals surface area contributed by atoms with Crippen molar-refractivity contribution in [2.75, 3.05) is 14.2 Å². The number of fused-ring (bicyclic) bond motifs is 1. The Balaban J connectivity index is 2.29. The van der Waals surface area contributed by atoms with Gasteiger partial charge in [0.15, 0.2) is 17.2 Å². The molecule has 0 aliphatic rings. The van der Waals surface area contributed by atoms with Gasteiger partial charge < -0.3 is 14.2 Å². The number of carbonyl (C=O) groups is 1. The maximum Gasteiger partial charge on any atom is 0.343 e. The summed E-state index contributed by atoms with van der Waals surface area (Å²) in [6.07, 6.45) is 1.51. The van der Waals surface area contributed by atoms with Crippen LogP contribution in [-0.2, 0) is 0 Å². The van der Waals surface area contributed by atoms with Crippen molar-refractivity contribution in [3.63, 3.8) is 0 Å². The van der Waals surface area contributed by atoms with Gasteiger partial charge in [-0.3, -0.25) is 0 Å². The summed E-state index contributed by atoms with van der Waals surface area (Å²) >= 11 is 0. The molecule has 6 heteroatoms. The van der Waals surface area contributed by atoms with Gasteiger partial charge in [0, 0.05) is 17.1 Å². The number of hydrogen-bond donors (Lipinski definition) is 0. The second-order valence-electron chi connectivity index (χ2n) is 5.47. The number of pyridine rings is 1. The molecule has 0 saturated carbocycles. The summed E-state index contributed by atoms with van der Waals surface area (Å²) in [7, 11) is 3.00. The molecule has 0 spiro atoms. The zero-order chi connectivity index (χ0) is 18.7. The van der Waals surface area contributed by atoms with E-state index in [0.717, 1.165) is 0 Å². The molecule has 0 aliphatic carbocycles. The summed E-state index contributed by atoms with van der Waals surface area (Å²) < 4.78 is 16.6. The molecule has 0 radical (unpaired) electrons. The second-order valence-corrected chi connectivity index (χ2v) is 5.47. The minimum atomic E-state index is -0.553. The summed E-state index contributed by atoms with van der Waals surface area (Å²) in [6.45, 7) is 1.80. The third-order valence-corrected chi connectivity index (χ3v) is 4.03. The Morgan fingerprint density at radius 2 is 1.73 bits per heavy atom. The Kier molecular flexibility index (Phi) is 4.72. The molecule has 130 valence electrons. The highest BCUT2D eigenvalue weighted by atomic mass is 16.6. The van der Waals surface area contributed by atoms with Gasteiger partial charge in [-0.2, -0.15) is 5.26 Å². The molecule has 26 heavy (non-hydrogen) atoms. The third kappa shape index (κ3) is 2.80. The fraction of sp³-hybridized carbons (Fsp3) is 0.150. The molecule has 0 atom stereocenters. The van der Waals surface area contributed by atoms with E-state index in [-0.39, 0.29) is 11.4 Å². The van der Waals surface area contributed by atoms with Crippen LogP contribution in [-0.4, -0.2) is 25.2 Å². The molecule has 0 fully saturated rings. The smallest absolute Gasteiger partial charge is 0.343 e. The zero-order valence-electron chi connectivity index (χ0n) is 14.6. The Bertz CT molecular complexity index is 1020. The Labute approximate surface area is 150 Å². The number of nitrogens with zero attached hydrogens (tertiary/aromatic N) is 2. The fourth-order valence-electron chi connectivity index (χ4n) is 2.89. The van der Waals surface area contributed by atoms with Gasteiger partial charge in [0.25, 0.3) is 0 Å². The number of ether oxygens (including phenoxy) is 3. The van der Waals surface area contributed by atoms with Crippen LogP contribution in [0.5, 0.6) is 17.2 Å². The van der Waals surface area contributed by atoms with E-state index in [0.29, 0.717) is 33.4 Å². The molecular formula is C20H16N2O4. The van der Waals surface area contributed by atoms with Crippen LogP contribution < -0.4 is 14.2 Å². The Hall–Kier alpha value is -3.59. The van der Waals surface area contributed by atoms with Crippen LogP contribution in [0.4, 0.5) is 0 Å². The van der Waals surface area contributed by atoms with Gasteiger partial charge in [0.1, 0.15) is 11.8 Å². The molecule has 1 heterocycles. The second kappa shape index (κ2) is 7.11. The minimum Gasteiger partial charge on any atom is -0.496 e. The highest BCUT2D eigenvalue weighted by Gasteiger charge is 2.24. The summed E-state index contributed by atoms with van der Waals surface area (Å²) in [5.74, 6) is 0.459. The van der Waals surface area contributed by atoms with Crippen molar-refractivity contribution in [3.8, 4) is 23.3 Å². The number of rotatable bonds is 4. The van der Waals surface area contributed by atoms with Crippen molar-refractivity contribution in [1.82, 2.24) is 4.98 Å². The normalized spacial score (nSPS) is 10.2. The number of benzene rings is 2. The topological polar surface area (TPSA) is 81.4 Å². The molecule has 3 rings (SSSR count). The maximum atomic E-state index is 12.6. The predicted molar refractivity (Wildman–Crippen MR) is 95.7 cm³/mol. The maximum absolute atomic E-state index is 12.6. The van der Waals surface area contributed by atoms with Crippen molar-refractivity contribution in [1.29, 1.82) is 5.26 Å². The quantitative estimate of drug-likeness (QED) is 0.529. The Morgan fingerprint density at radius 1 is 1.04 bits per heavy atom. The molecule has 6 nitrogen and oxygen atoms in total. The number of aromatic nitrogens is 1. The zero-order valence-corrected chi connectivity index (χ0v) is 14.6. The van der Waals surface area contributed by atoms with Crippen LogP contribution >= 0.6 is 0 Å². The van der Waals surface area contributed by atoms with E-state index >= 15 is 0 Å². The van der Waals surface area contributed by atoms with Gasteiger partial charge in [0.2, 0.25) is 0 Å². The lowest BCUT2D eigenvalue weighted by Gasteiger charge is -2.18. The molecule has 3 aromatic rings. The predicted octanol–water partition coefficient (Wildman–Crippen LogP) is 3.65. The van der Waals surface area contributed by atoms with Crippen LogP contribution in [0.25, 0.3) is 10.8 Å². The molecule has 0 amide bonds. The molecule has 1 aromatic heterocycles. The Morgan fingerprint density at radius 3 is 2.35 bits per heavy atom. The van der Waals surface area contributed by atoms with Crippen LogP contribution in [0, 0.1) is 18.3 Å². The number of nitriles is 1. The fourth-order valence-corrected chi connectivity index (χ4v) is 2.89. The van der Waals surface area contributed by atoms with Gasteiger partial charge in [-0.25, -0.2) is 9.78 Å². The van der Waals surface area contributed by atoms with Gasteiger partial charge in [-0.1, -0.05) is 18.2 Å². The number of methoxy groups -OCH3 is 2. The highest BCUT2D eigenvalue weighted by Crippen LogP contribution is 2.46. The molecule has 0 saturated heterocycles. The summed E-state index contributed by atoms with van der Waals surface area (Å²) in [6, 6.07) is 12.3. The van der Waals surface area contributed by atoms with E-state index in [9.17, 15) is 10.1 Å². The molecule has 0 aliphatic heterocycles. The molecule has 0 unspecified atom stereocenters. The van der Waals surface area contributed by atoms with E-state index in [1.54, 1.807) is 37.3 Å². The summed E-state index contributed by atoms with van der Waals surface area (Å²) in [5, 5.41) is 10.5. The van der Waals surface area contributed by atoms with Crippen molar-refractivity contribution < 1.29 is 19.0 Å². The largest absolute Gasteiger partial charge is 0.496 e. The SMILES string of the molecule is COc1c(C)c(OC)c2ccnc(C#N)c2c1OC(=O)c1ccccc1. The van der Waals surface area contributed by atoms with Crippen LogP contribution in [0.3, 0.4) is 0 Å². The number of carbonyl (C=O) groups excluding carboxylic acids is 1. The van der Waals surface area contributed by atoms with E-state index in [1.807, 2.05) is 12.1 Å². The summed E-state index contributed by atoms with van der Waals surface area (Å²) in [4.78, 5) is 16.7. The third-order valence-electron chi connectivity index (χ3n) is 4.03. The van der Waals surface area contributed by atoms with Crippen LogP contribution in [0.15, 0.2) is 42.6 Å². The van der Waals surface area contributed by atoms with Crippen LogP contribution in [0.1, 0.15) is 21.6 Å². The average molecular weight is 348 g/mol. The first-order chi connectivity index (χ1) is 12.6. The molecule has 0 bridgehead atoms. The lowest BCUT2D eigenvalue weighted by atomic mass is 10.0. The molecule has 2 aromatic carbocycles. The highest BCUT2D eigenvalue weighted by molar-refractivity contribution is 6.02. The first-order valence-electron chi connectivity index (χ1n) is 7.83. The first kappa shape index (κ1) is 17.2. The van der Waals surface area contributed by atoms with Crippen molar-refractivity contribution >= 4 is 16.7 Å². The van der Waals surface area contributed by atoms with Gasteiger partial charge in [0.05, 0.1) is 25.2 Å². The standard InChI is InChI=1S/C20H16N2O4/c1-12-17(24-2)14-9-10-22-15(11-21)16(14)19(18(12)25-3)26-20(23)13-7-5-4-6-8-13/h4-10H,1-3H3. The first-order valence-corrected chi connectivity index (χ1v) is 7.83. The van der Waals surface area contributed by atoms with Gasteiger partial charge >= 0.3 is 5.97 Å². The van der Waals surface area contributed by atoms with Crippen molar-refractivity contribution in [2.45, 2.75) is 6.92 Å². The number of esters is 1.